The first-order chi connectivity index (χ1) is 4.66. The van der Waals surface area contributed by atoms with Crippen LogP contribution in [0.3, 0.4) is 0 Å². The molecule has 1 heterocycles. The summed E-state index contributed by atoms with van der Waals surface area (Å²) in [4.78, 5) is 0. The van der Waals surface area contributed by atoms with Gasteiger partial charge in [0.15, 0.2) is 0 Å². The van der Waals surface area contributed by atoms with Gasteiger partial charge in [-0.1, -0.05) is 0 Å². The van der Waals surface area contributed by atoms with Gasteiger partial charge in [0.1, 0.15) is 0 Å². The van der Waals surface area contributed by atoms with E-state index in [1.54, 1.807) is 14.0 Å². The second-order valence-corrected chi connectivity index (χ2v) is 2.63. The van der Waals surface area contributed by atoms with Crippen molar-refractivity contribution in [2.75, 3.05) is 13.7 Å². The van der Waals surface area contributed by atoms with E-state index in [-0.39, 0.29) is 6.10 Å². The molecular formula is C7H14O3. The zero-order chi connectivity index (χ0) is 7.61. The summed E-state index contributed by atoms with van der Waals surface area (Å²) in [6.45, 7) is 4.51. The van der Waals surface area contributed by atoms with Crippen molar-refractivity contribution in [3.63, 3.8) is 0 Å². The molecule has 60 valence electrons. The minimum absolute atomic E-state index is 0.235. The van der Waals surface area contributed by atoms with Crippen LogP contribution in [0.4, 0.5) is 0 Å². The Balaban J connectivity index is 2.45. The molecule has 0 radical (unpaired) electrons. The lowest BCUT2D eigenvalue weighted by Crippen LogP contribution is -2.42. The van der Waals surface area contributed by atoms with Gasteiger partial charge in [-0.05, 0) is 13.3 Å². The second kappa shape index (κ2) is 2.86. The Morgan fingerprint density at radius 2 is 2.30 bits per heavy atom. The highest BCUT2D eigenvalue weighted by Gasteiger charge is 2.31. The van der Waals surface area contributed by atoms with Crippen LogP contribution in [0.5, 0.6) is 0 Å². The molecule has 0 N–H and O–H groups in total. The van der Waals surface area contributed by atoms with Gasteiger partial charge in [0.05, 0.1) is 12.7 Å². The molecule has 0 aromatic heterocycles. The molecule has 0 aromatic rings. The predicted octanol–water partition coefficient (Wildman–Crippen LogP) is 1.13. The molecule has 2 atom stereocenters. The highest BCUT2D eigenvalue weighted by atomic mass is 16.9. The third-order valence-corrected chi connectivity index (χ3v) is 1.67. The fourth-order valence-corrected chi connectivity index (χ4v) is 0.976. The van der Waals surface area contributed by atoms with Gasteiger partial charge in [-0.2, -0.15) is 0 Å². The van der Waals surface area contributed by atoms with Crippen LogP contribution in [0.15, 0.2) is 0 Å². The minimum Gasteiger partial charge on any atom is -0.331 e. The second-order valence-electron chi connectivity index (χ2n) is 2.63. The van der Waals surface area contributed by atoms with Crippen LogP contribution in [0.2, 0.25) is 0 Å². The zero-order valence-corrected chi connectivity index (χ0v) is 6.72. The highest BCUT2D eigenvalue weighted by molar-refractivity contribution is 4.60. The van der Waals surface area contributed by atoms with E-state index in [1.807, 2.05) is 6.92 Å². The molecule has 3 nitrogen and oxygen atoms in total. The topological polar surface area (TPSA) is 27.7 Å². The van der Waals surface area contributed by atoms with Crippen molar-refractivity contribution in [1.82, 2.24) is 0 Å². The smallest absolute Gasteiger partial charge is 0.279 e. The Labute approximate surface area is 61.3 Å². The molecule has 0 spiro atoms. The van der Waals surface area contributed by atoms with Gasteiger partial charge in [-0.3, -0.25) is 0 Å². The van der Waals surface area contributed by atoms with Crippen LogP contribution < -0.4 is 0 Å². The molecule has 0 unspecified atom stereocenters. The average molecular weight is 146 g/mol. The molecular weight excluding hydrogens is 132 g/mol. The Kier molecular flexibility index (Phi) is 2.28. The number of rotatable bonds is 1. The van der Waals surface area contributed by atoms with Gasteiger partial charge in [0.25, 0.3) is 5.97 Å². The Morgan fingerprint density at radius 3 is 2.70 bits per heavy atom. The number of ether oxygens (including phenoxy) is 3. The standard InChI is InChI=1S/C7H14O3/c1-6-4-5-9-7(2,8-3)10-6/h6H,4-5H2,1-3H3/t6-,7-/m1/s1. The van der Waals surface area contributed by atoms with Gasteiger partial charge in [0, 0.05) is 14.0 Å². The minimum atomic E-state index is -0.808. The van der Waals surface area contributed by atoms with Crippen LogP contribution >= 0.6 is 0 Å². The first-order valence-electron chi connectivity index (χ1n) is 3.53. The van der Waals surface area contributed by atoms with Crippen molar-refractivity contribution >= 4 is 0 Å². The quantitative estimate of drug-likeness (QED) is 0.555. The summed E-state index contributed by atoms with van der Waals surface area (Å²) in [6.07, 6.45) is 1.18. The molecule has 1 saturated heterocycles. The van der Waals surface area contributed by atoms with E-state index in [1.165, 1.54) is 0 Å². The third-order valence-electron chi connectivity index (χ3n) is 1.67. The SMILES string of the molecule is CO[C@]1(C)OCC[C@@H](C)O1. The molecule has 0 amide bonds. The van der Waals surface area contributed by atoms with Gasteiger partial charge in [-0.15, -0.1) is 0 Å². The fraction of sp³-hybridized carbons (Fsp3) is 1.00. The van der Waals surface area contributed by atoms with Crippen molar-refractivity contribution in [1.29, 1.82) is 0 Å². The average Bonchev–Trinajstić information content (AvgIpc) is 1.88. The summed E-state index contributed by atoms with van der Waals surface area (Å²) in [5.41, 5.74) is 0. The summed E-state index contributed by atoms with van der Waals surface area (Å²) in [7, 11) is 1.58. The molecule has 0 bridgehead atoms. The molecule has 10 heavy (non-hydrogen) atoms. The maximum absolute atomic E-state index is 5.38. The maximum atomic E-state index is 5.38. The summed E-state index contributed by atoms with van der Waals surface area (Å²) < 4.78 is 15.6. The molecule has 0 saturated carbocycles. The monoisotopic (exact) mass is 146 g/mol. The van der Waals surface area contributed by atoms with Crippen molar-refractivity contribution in [2.24, 2.45) is 0 Å². The molecule has 1 rings (SSSR count). The van der Waals surface area contributed by atoms with E-state index in [0.717, 1.165) is 6.42 Å². The van der Waals surface area contributed by atoms with Crippen molar-refractivity contribution in [3.05, 3.63) is 0 Å². The lowest BCUT2D eigenvalue weighted by molar-refractivity contribution is -0.395. The van der Waals surface area contributed by atoms with E-state index in [9.17, 15) is 0 Å². The summed E-state index contributed by atoms with van der Waals surface area (Å²) in [5, 5.41) is 0. The van der Waals surface area contributed by atoms with Crippen LogP contribution in [-0.2, 0) is 14.2 Å². The van der Waals surface area contributed by atoms with Crippen molar-refractivity contribution in [2.45, 2.75) is 32.3 Å². The maximum Gasteiger partial charge on any atom is 0.279 e. The highest BCUT2D eigenvalue weighted by Crippen LogP contribution is 2.22. The lowest BCUT2D eigenvalue weighted by atomic mass is 10.3. The number of hydrogen-bond donors (Lipinski definition) is 0. The van der Waals surface area contributed by atoms with Crippen molar-refractivity contribution < 1.29 is 14.2 Å². The van der Waals surface area contributed by atoms with Gasteiger partial charge in [-0.25, -0.2) is 0 Å². The fourth-order valence-electron chi connectivity index (χ4n) is 0.976. The van der Waals surface area contributed by atoms with E-state index >= 15 is 0 Å². The first kappa shape index (κ1) is 7.98. The van der Waals surface area contributed by atoms with E-state index in [4.69, 9.17) is 14.2 Å². The Morgan fingerprint density at radius 1 is 1.60 bits per heavy atom. The molecule has 0 aliphatic carbocycles. The first-order valence-corrected chi connectivity index (χ1v) is 3.53. The third kappa shape index (κ3) is 1.68. The molecule has 0 aromatic carbocycles. The van der Waals surface area contributed by atoms with Crippen LogP contribution in [-0.4, -0.2) is 25.8 Å². The Bertz CT molecular complexity index is 115. The zero-order valence-electron chi connectivity index (χ0n) is 6.72. The largest absolute Gasteiger partial charge is 0.331 e. The lowest BCUT2D eigenvalue weighted by Gasteiger charge is -2.35. The van der Waals surface area contributed by atoms with Crippen LogP contribution in [0.1, 0.15) is 20.3 Å². The predicted molar refractivity (Wildman–Crippen MR) is 36.5 cm³/mol. The van der Waals surface area contributed by atoms with Crippen LogP contribution in [0.25, 0.3) is 0 Å². The number of methoxy groups -OCH3 is 1. The number of hydrogen-bond acceptors (Lipinski definition) is 3. The van der Waals surface area contributed by atoms with Crippen LogP contribution in [0, 0.1) is 0 Å². The molecule has 1 aliphatic rings. The normalized spacial score (nSPS) is 41.7. The summed E-state index contributed by atoms with van der Waals surface area (Å²) in [5.74, 6) is -0.808. The van der Waals surface area contributed by atoms with Gasteiger partial charge < -0.3 is 14.2 Å². The molecule has 3 heteroatoms. The van der Waals surface area contributed by atoms with E-state index in [2.05, 4.69) is 0 Å². The molecule has 1 fully saturated rings. The van der Waals surface area contributed by atoms with E-state index < -0.39 is 5.97 Å². The summed E-state index contributed by atoms with van der Waals surface area (Å²) >= 11 is 0. The molecule has 1 aliphatic heterocycles. The Hall–Kier alpha value is -0.120. The van der Waals surface area contributed by atoms with Crippen molar-refractivity contribution in [3.8, 4) is 0 Å². The van der Waals surface area contributed by atoms with Gasteiger partial charge >= 0.3 is 0 Å². The van der Waals surface area contributed by atoms with E-state index in [0.29, 0.717) is 6.61 Å². The summed E-state index contributed by atoms with van der Waals surface area (Å²) in [6, 6.07) is 0. The van der Waals surface area contributed by atoms with Gasteiger partial charge in [0.2, 0.25) is 0 Å².